The predicted molar refractivity (Wildman–Crippen MR) is 137 cm³/mol. The Labute approximate surface area is 205 Å². The van der Waals surface area contributed by atoms with Gasteiger partial charge in [0.2, 0.25) is 17.7 Å². The fraction of sp³-hybridized carbons (Fsp3) is 0.276. The number of benzene rings is 3. The first-order valence-corrected chi connectivity index (χ1v) is 12.2. The van der Waals surface area contributed by atoms with E-state index in [0.29, 0.717) is 29.9 Å². The van der Waals surface area contributed by atoms with Crippen molar-refractivity contribution in [3.05, 3.63) is 91.0 Å². The molecule has 0 saturated heterocycles. The minimum absolute atomic E-state index is 0.0524. The zero-order valence-corrected chi connectivity index (χ0v) is 19.4. The van der Waals surface area contributed by atoms with E-state index in [1.54, 1.807) is 0 Å². The summed E-state index contributed by atoms with van der Waals surface area (Å²) in [4.78, 5) is 41.3. The first-order chi connectivity index (χ1) is 17.1. The molecule has 2 bridgehead atoms. The van der Waals surface area contributed by atoms with Gasteiger partial charge >= 0.3 is 0 Å². The summed E-state index contributed by atoms with van der Waals surface area (Å²) in [6, 6.07) is 27.7. The van der Waals surface area contributed by atoms with Crippen LogP contribution in [-0.2, 0) is 14.4 Å². The maximum Gasteiger partial charge on any atom is 0.231 e. The minimum atomic E-state index is -0.956. The van der Waals surface area contributed by atoms with Gasteiger partial charge in [-0.25, -0.2) is 0 Å². The second kappa shape index (κ2) is 9.74. The van der Waals surface area contributed by atoms with Crippen molar-refractivity contribution in [1.82, 2.24) is 0 Å². The molecule has 0 spiro atoms. The fourth-order valence-corrected chi connectivity index (χ4v) is 5.85. The van der Waals surface area contributed by atoms with E-state index in [1.165, 1.54) is 0 Å². The van der Waals surface area contributed by atoms with Crippen molar-refractivity contribution in [2.24, 2.45) is 23.2 Å². The summed E-state index contributed by atoms with van der Waals surface area (Å²) in [5, 5.41) is 9.03. The van der Waals surface area contributed by atoms with E-state index in [0.717, 1.165) is 12.8 Å². The van der Waals surface area contributed by atoms with Crippen LogP contribution >= 0.6 is 0 Å². The molecule has 6 rings (SSSR count). The standard InChI is InChI=1S/C29H29N3O3/c33-26(30-21-10-4-1-5-11-21)24-20-16-18-29(19-17-20,28(35)32-23-14-8-3-9-15-23)25(24)27(34)31-22-12-6-2-7-13-22/h1-15,20,24-25H,16-19H2,(H,30,33)(H,31,34)(H,32,35)/t20?,24-,25-,29?/m1/s1. The molecule has 0 unspecified atom stereocenters. The molecule has 3 amide bonds. The van der Waals surface area contributed by atoms with Gasteiger partial charge in [-0.2, -0.15) is 0 Å². The van der Waals surface area contributed by atoms with Gasteiger partial charge in [0, 0.05) is 17.1 Å². The molecular weight excluding hydrogens is 438 g/mol. The number of hydrogen-bond donors (Lipinski definition) is 3. The van der Waals surface area contributed by atoms with Crippen molar-refractivity contribution < 1.29 is 14.4 Å². The van der Waals surface area contributed by atoms with Gasteiger partial charge in [0.05, 0.1) is 17.3 Å². The van der Waals surface area contributed by atoms with Gasteiger partial charge in [0.25, 0.3) is 0 Å². The van der Waals surface area contributed by atoms with Crippen molar-refractivity contribution in [2.75, 3.05) is 16.0 Å². The van der Waals surface area contributed by atoms with Gasteiger partial charge in [0.15, 0.2) is 0 Å². The normalized spacial score (nSPS) is 24.9. The van der Waals surface area contributed by atoms with E-state index in [1.807, 2.05) is 91.0 Å². The molecule has 35 heavy (non-hydrogen) atoms. The Morgan fingerprint density at radius 3 is 1.51 bits per heavy atom. The number of fused-ring (bicyclic) bond motifs is 3. The van der Waals surface area contributed by atoms with Gasteiger partial charge in [-0.1, -0.05) is 54.6 Å². The van der Waals surface area contributed by atoms with Crippen LogP contribution in [0.5, 0.6) is 0 Å². The Kier molecular flexibility index (Phi) is 6.36. The van der Waals surface area contributed by atoms with E-state index < -0.39 is 17.3 Å². The number of hydrogen-bond acceptors (Lipinski definition) is 3. The lowest BCUT2D eigenvalue weighted by molar-refractivity contribution is -0.158. The zero-order chi connectivity index (χ0) is 24.3. The number of rotatable bonds is 6. The lowest BCUT2D eigenvalue weighted by Gasteiger charge is -2.53. The number of para-hydroxylation sites is 3. The van der Waals surface area contributed by atoms with Crippen LogP contribution < -0.4 is 16.0 Å². The lowest BCUT2D eigenvalue weighted by atomic mass is 9.49. The molecule has 6 heteroatoms. The number of carbonyl (C=O) groups is 3. The van der Waals surface area contributed by atoms with Crippen LogP contribution in [0.1, 0.15) is 25.7 Å². The highest BCUT2D eigenvalue weighted by Gasteiger charge is 2.61. The zero-order valence-electron chi connectivity index (χ0n) is 19.4. The van der Waals surface area contributed by atoms with Gasteiger partial charge in [-0.15, -0.1) is 0 Å². The second-order valence-corrected chi connectivity index (χ2v) is 9.53. The summed E-state index contributed by atoms with van der Waals surface area (Å²) in [6.45, 7) is 0. The quantitative estimate of drug-likeness (QED) is 0.458. The average Bonchev–Trinajstić information content (AvgIpc) is 2.90. The van der Waals surface area contributed by atoms with Crippen molar-refractivity contribution in [3.63, 3.8) is 0 Å². The summed E-state index contributed by atoms with van der Waals surface area (Å²) in [5.74, 6) is -1.99. The van der Waals surface area contributed by atoms with Crippen LogP contribution in [0, 0.1) is 23.2 Å². The van der Waals surface area contributed by atoms with Gasteiger partial charge in [0.1, 0.15) is 0 Å². The van der Waals surface area contributed by atoms with Crippen molar-refractivity contribution in [2.45, 2.75) is 25.7 Å². The van der Waals surface area contributed by atoms with E-state index in [9.17, 15) is 14.4 Å². The molecule has 2 atom stereocenters. The second-order valence-electron chi connectivity index (χ2n) is 9.53. The van der Waals surface area contributed by atoms with Crippen molar-refractivity contribution in [1.29, 1.82) is 0 Å². The summed E-state index contributed by atoms with van der Waals surface area (Å²) in [7, 11) is 0. The highest BCUT2D eigenvalue weighted by atomic mass is 16.2. The third kappa shape index (κ3) is 4.56. The van der Waals surface area contributed by atoms with E-state index in [4.69, 9.17) is 0 Å². The molecule has 3 saturated carbocycles. The van der Waals surface area contributed by atoms with Crippen LogP contribution in [0.4, 0.5) is 17.1 Å². The minimum Gasteiger partial charge on any atom is -0.326 e. The van der Waals surface area contributed by atoms with Crippen LogP contribution in [0.15, 0.2) is 91.0 Å². The molecule has 3 aliphatic rings. The van der Waals surface area contributed by atoms with Gasteiger partial charge in [-0.05, 0) is 68.0 Å². The maximum absolute atomic E-state index is 13.8. The highest BCUT2D eigenvalue weighted by Crippen LogP contribution is 2.57. The molecule has 3 aliphatic carbocycles. The first-order valence-electron chi connectivity index (χ1n) is 12.2. The SMILES string of the molecule is O=C(Nc1ccccc1)[C@@H]1C2CCC(C(=O)Nc3ccccc3)(CC2)[C@H]1C(=O)Nc1ccccc1. The monoisotopic (exact) mass is 467 g/mol. The molecule has 0 radical (unpaired) electrons. The number of nitrogens with one attached hydrogen (secondary N) is 3. The number of anilines is 3. The highest BCUT2D eigenvalue weighted by molar-refractivity contribution is 6.06. The molecule has 0 aromatic heterocycles. The molecule has 3 aromatic rings. The topological polar surface area (TPSA) is 87.3 Å². The molecule has 3 aromatic carbocycles. The molecule has 3 fully saturated rings. The number of amides is 3. The largest absolute Gasteiger partial charge is 0.326 e. The molecule has 6 nitrogen and oxygen atoms in total. The van der Waals surface area contributed by atoms with Crippen molar-refractivity contribution >= 4 is 34.8 Å². The molecular formula is C29H29N3O3. The van der Waals surface area contributed by atoms with Crippen LogP contribution in [0.2, 0.25) is 0 Å². The molecule has 3 N–H and O–H groups in total. The summed E-state index contributed by atoms with van der Waals surface area (Å²) < 4.78 is 0. The van der Waals surface area contributed by atoms with E-state index in [-0.39, 0.29) is 23.6 Å². The third-order valence-electron chi connectivity index (χ3n) is 7.54. The fourth-order valence-electron chi connectivity index (χ4n) is 5.85. The van der Waals surface area contributed by atoms with E-state index in [2.05, 4.69) is 16.0 Å². The Hall–Kier alpha value is -3.93. The smallest absolute Gasteiger partial charge is 0.231 e. The maximum atomic E-state index is 13.8. The van der Waals surface area contributed by atoms with Crippen LogP contribution in [0.25, 0.3) is 0 Å². The van der Waals surface area contributed by atoms with Gasteiger partial charge < -0.3 is 16.0 Å². The third-order valence-corrected chi connectivity index (χ3v) is 7.54. The Balaban J connectivity index is 1.49. The van der Waals surface area contributed by atoms with Crippen LogP contribution in [0.3, 0.4) is 0 Å². The van der Waals surface area contributed by atoms with E-state index >= 15 is 0 Å². The Bertz CT molecular complexity index is 1190. The van der Waals surface area contributed by atoms with Crippen LogP contribution in [-0.4, -0.2) is 17.7 Å². The molecule has 0 aliphatic heterocycles. The number of carbonyl (C=O) groups excluding carboxylic acids is 3. The van der Waals surface area contributed by atoms with Gasteiger partial charge in [-0.3, -0.25) is 14.4 Å². The summed E-state index contributed by atoms with van der Waals surface area (Å²) in [6.07, 6.45) is 2.64. The Morgan fingerprint density at radius 2 is 1.03 bits per heavy atom. The Morgan fingerprint density at radius 1 is 0.600 bits per heavy atom. The lowest BCUT2D eigenvalue weighted by Crippen LogP contribution is -2.60. The predicted octanol–water partition coefficient (Wildman–Crippen LogP) is 5.33. The average molecular weight is 468 g/mol. The molecule has 0 heterocycles. The first kappa shape index (κ1) is 22.8. The van der Waals surface area contributed by atoms with Crippen molar-refractivity contribution in [3.8, 4) is 0 Å². The summed E-state index contributed by atoms with van der Waals surface area (Å²) >= 11 is 0. The molecule has 178 valence electrons. The summed E-state index contributed by atoms with van der Waals surface area (Å²) in [5.41, 5.74) is 1.07.